The maximum atomic E-state index is 12.5. The van der Waals surface area contributed by atoms with Crippen LogP contribution in [0.5, 0.6) is 0 Å². The molecule has 0 saturated heterocycles. The number of aliphatic hydroxyl groups excluding tert-OH is 1. The van der Waals surface area contributed by atoms with E-state index >= 15 is 0 Å². The van der Waals surface area contributed by atoms with Gasteiger partial charge in [-0.25, -0.2) is 0 Å². The molecule has 6 aromatic rings. The summed E-state index contributed by atoms with van der Waals surface area (Å²) in [7, 11) is 0. The van der Waals surface area contributed by atoms with E-state index in [1.807, 2.05) is 127 Å². The molecule has 1 atom stereocenters. The highest BCUT2D eigenvalue weighted by Crippen LogP contribution is 2.28. The number of fused-ring (bicyclic) bond motifs is 2. The zero-order chi connectivity index (χ0) is 24.7. The molecule has 0 amide bonds. The van der Waals surface area contributed by atoms with Gasteiger partial charge in [0.2, 0.25) is 0 Å². The third kappa shape index (κ3) is 4.95. The number of rotatable bonds is 4. The van der Waals surface area contributed by atoms with E-state index < -0.39 is 6.10 Å². The van der Waals surface area contributed by atoms with E-state index in [1.54, 1.807) is 0 Å². The quantitative estimate of drug-likeness (QED) is 0.267. The molecule has 0 aromatic heterocycles. The summed E-state index contributed by atoms with van der Waals surface area (Å²) in [6.07, 6.45) is -0.572. The fourth-order valence-corrected chi connectivity index (χ4v) is 4.47. The summed E-state index contributed by atoms with van der Waals surface area (Å²) in [5.74, 6) is 0.0763. The van der Waals surface area contributed by atoms with E-state index in [0.717, 1.165) is 43.8 Å². The minimum atomic E-state index is -0.572. The molecule has 1 N–H and O–H groups in total. The average molecular weight is 467 g/mol. The Balaban J connectivity index is 0.000000148. The van der Waals surface area contributed by atoms with Crippen molar-refractivity contribution in [1.82, 2.24) is 0 Å². The van der Waals surface area contributed by atoms with Gasteiger partial charge in [-0.1, -0.05) is 146 Å². The summed E-state index contributed by atoms with van der Waals surface area (Å²) in [6.45, 7) is 0. The monoisotopic (exact) mass is 466 g/mol. The van der Waals surface area contributed by atoms with Gasteiger partial charge in [-0.05, 0) is 32.7 Å². The number of carbonyl (C=O) groups excluding carboxylic acids is 1. The molecule has 2 heteroatoms. The summed E-state index contributed by atoms with van der Waals surface area (Å²) >= 11 is 0. The van der Waals surface area contributed by atoms with Crippen LogP contribution in [0.2, 0.25) is 0 Å². The SMILES string of the molecule is O=C(c1ccccc1)c1cccc2ccccc12.OC(c1ccccc1)c1cccc2ccccc12. The van der Waals surface area contributed by atoms with E-state index in [1.165, 1.54) is 0 Å². The van der Waals surface area contributed by atoms with Gasteiger partial charge in [0.1, 0.15) is 6.10 Å². The Morgan fingerprint density at radius 2 is 1.00 bits per heavy atom. The lowest BCUT2D eigenvalue weighted by molar-refractivity contribution is 0.104. The van der Waals surface area contributed by atoms with Crippen molar-refractivity contribution in [1.29, 1.82) is 0 Å². The van der Waals surface area contributed by atoms with Crippen molar-refractivity contribution >= 4 is 27.3 Å². The van der Waals surface area contributed by atoms with Crippen LogP contribution >= 0.6 is 0 Å². The number of hydrogen-bond donors (Lipinski definition) is 1. The molecule has 0 heterocycles. The van der Waals surface area contributed by atoms with Gasteiger partial charge in [0.15, 0.2) is 5.78 Å². The zero-order valence-corrected chi connectivity index (χ0v) is 19.8. The van der Waals surface area contributed by atoms with E-state index in [9.17, 15) is 9.90 Å². The molecule has 1 unspecified atom stereocenters. The molecule has 174 valence electrons. The van der Waals surface area contributed by atoms with Crippen LogP contribution < -0.4 is 0 Å². The maximum absolute atomic E-state index is 12.5. The second kappa shape index (κ2) is 10.8. The summed E-state index contributed by atoms with van der Waals surface area (Å²) in [5, 5.41) is 14.9. The summed E-state index contributed by atoms with van der Waals surface area (Å²) in [5.41, 5.74) is 3.38. The Hall–Kier alpha value is -4.53. The summed E-state index contributed by atoms with van der Waals surface area (Å²) < 4.78 is 0. The summed E-state index contributed by atoms with van der Waals surface area (Å²) in [4.78, 5) is 12.5. The smallest absolute Gasteiger partial charge is 0.193 e. The molecule has 36 heavy (non-hydrogen) atoms. The van der Waals surface area contributed by atoms with Crippen LogP contribution in [0.1, 0.15) is 33.2 Å². The Kier molecular flexibility index (Phi) is 6.98. The van der Waals surface area contributed by atoms with E-state index in [4.69, 9.17) is 0 Å². The molecule has 0 saturated carbocycles. The van der Waals surface area contributed by atoms with Gasteiger partial charge in [0.25, 0.3) is 0 Å². The number of carbonyl (C=O) groups is 1. The predicted octanol–water partition coefficient (Wildman–Crippen LogP) is 7.99. The van der Waals surface area contributed by atoms with Gasteiger partial charge in [0.05, 0.1) is 0 Å². The van der Waals surface area contributed by atoms with Crippen LogP contribution in [-0.2, 0) is 0 Å². The standard InChI is InChI=1S/C17H14O.C17H12O/c2*18-17(14-8-2-1-3-9-14)16-12-6-10-13-7-4-5-11-15(13)16/h1-12,17-18H;1-12H. The molecule has 6 rings (SSSR count). The van der Waals surface area contributed by atoms with Crippen molar-refractivity contribution in [2.75, 3.05) is 0 Å². The maximum Gasteiger partial charge on any atom is 0.193 e. The van der Waals surface area contributed by atoms with Crippen LogP contribution in [0.4, 0.5) is 0 Å². The number of hydrogen-bond acceptors (Lipinski definition) is 2. The number of ketones is 1. The highest BCUT2D eigenvalue weighted by atomic mass is 16.3. The molecule has 0 spiro atoms. The minimum absolute atomic E-state index is 0.0763. The second-order valence-corrected chi connectivity index (χ2v) is 8.60. The Labute approximate surface area is 211 Å². The normalized spacial score (nSPS) is 11.5. The number of benzene rings is 6. The van der Waals surface area contributed by atoms with Crippen molar-refractivity contribution in [2.24, 2.45) is 0 Å². The Bertz CT molecular complexity index is 1590. The van der Waals surface area contributed by atoms with Gasteiger partial charge in [0, 0.05) is 11.1 Å². The predicted molar refractivity (Wildman–Crippen MR) is 148 cm³/mol. The van der Waals surface area contributed by atoms with Gasteiger partial charge >= 0.3 is 0 Å². The molecular weight excluding hydrogens is 440 g/mol. The van der Waals surface area contributed by atoms with Gasteiger partial charge in [-0.2, -0.15) is 0 Å². The van der Waals surface area contributed by atoms with Crippen molar-refractivity contribution in [3.05, 3.63) is 168 Å². The van der Waals surface area contributed by atoms with Crippen LogP contribution in [0.25, 0.3) is 21.5 Å². The molecule has 0 aliphatic heterocycles. The largest absolute Gasteiger partial charge is 0.384 e. The van der Waals surface area contributed by atoms with Crippen molar-refractivity contribution in [2.45, 2.75) is 6.10 Å². The van der Waals surface area contributed by atoms with Gasteiger partial charge < -0.3 is 5.11 Å². The molecule has 0 aliphatic rings. The van der Waals surface area contributed by atoms with Gasteiger partial charge in [-0.3, -0.25) is 4.79 Å². The molecule has 2 nitrogen and oxygen atoms in total. The highest BCUT2D eigenvalue weighted by molar-refractivity contribution is 6.16. The first-order chi connectivity index (χ1) is 17.7. The fraction of sp³-hybridized carbons (Fsp3) is 0.0294. The lowest BCUT2D eigenvalue weighted by Crippen LogP contribution is -2.01. The molecule has 0 bridgehead atoms. The van der Waals surface area contributed by atoms with Crippen molar-refractivity contribution in [3.8, 4) is 0 Å². The minimum Gasteiger partial charge on any atom is -0.384 e. The first-order valence-corrected chi connectivity index (χ1v) is 12.0. The highest BCUT2D eigenvalue weighted by Gasteiger charge is 2.13. The fourth-order valence-electron chi connectivity index (χ4n) is 4.47. The molecule has 6 aromatic carbocycles. The first kappa shape index (κ1) is 23.2. The van der Waals surface area contributed by atoms with Crippen molar-refractivity contribution in [3.63, 3.8) is 0 Å². The average Bonchev–Trinajstić information content (AvgIpc) is 2.97. The van der Waals surface area contributed by atoms with Crippen LogP contribution in [0.3, 0.4) is 0 Å². The Morgan fingerprint density at radius 1 is 0.500 bits per heavy atom. The molecule has 0 aliphatic carbocycles. The van der Waals surface area contributed by atoms with E-state index in [-0.39, 0.29) is 5.78 Å². The lowest BCUT2D eigenvalue weighted by atomic mass is 9.96. The zero-order valence-electron chi connectivity index (χ0n) is 19.8. The Morgan fingerprint density at radius 3 is 1.69 bits per heavy atom. The van der Waals surface area contributed by atoms with Crippen LogP contribution in [-0.4, -0.2) is 10.9 Å². The molecule has 0 radical (unpaired) electrons. The second-order valence-electron chi connectivity index (χ2n) is 8.60. The lowest BCUT2D eigenvalue weighted by Gasteiger charge is -2.14. The third-order valence-electron chi connectivity index (χ3n) is 6.30. The van der Waals surface area contributed by atoms with Gasteiger partial charge in [-0.15, -0.1) is 0 Å². The topological polar surface area (TPSA) is 37.3 Å². The van der Waals surface area contributed by atoms with Crippen molar-refractivity contribution < 1.29 is 9.90 Å². The van der Waals surface area contributed by atoms with E-state index in [0.29, 0.717) is 0 Å². The third-order valence-corrected chi connectivity index (χ3v) is 6.30. The summed E-state index contributed by atoms with van der Waals surface area (Å²) in [6, 6.07) is 47.1. The van der Waals surface area contributed by atoms with Crippen LogP contribution in [0, 0.1) is 0 Å². The molecular formula is C34H26O2. The first-order valence-electron chi connectivity index (χ1n) is 12.0. The molecule has 0 fully saturated rings. The van der Waals surface area contributed by atoms with Crippen LogP contribution in [0.15, 0.2) is 146 Å². The van der Waals surface area contributed by atoms with E-state index in [2.05, 4.69) is 18.2 Å². The number of aliphatic hydroxyl groups is 1.